The van der Waals surface area contributed by atoms with Gasteiger partial charge in [-0.25, -0.2) is 9.37 Å². The third-order valence-electron chi connectivity index (χ3n) is 2.63. The van der Waals surface area contributed by atoms with E-state index in [0.717, 1.165) is 17.5 Å². The molecule has 0 radical (unpaired) electrons. The average molecular weight is 325 g/mol. The second-order valence-electron chi connectivity index (χ2n) is 4.18. The van der Waals surface area contributed by atoms with E-state index in [-0.39, 0.29) is 5.82 Å². The molecular formula is C14H14BrFN2O. The van der Waals surface area contributed by atoms with Gasteiger partial charge in [-0.2, -0.15) is 0 Å². The summed E-state index contributed by atoms with van der Waals surface area (Å²) < 4.78 is 19.1. The maximum Gasteiger partial charge on any atom is 0.222 e. The van der Waals surface area contributed by atoms with Crippen LogP contribution in [-0.4, -0.2) is 11.5 Å². The summed E-state index contributed by atoms with van der Waals surface area (Å²) in [6, 6.07) is 6.48. The van der Waals surface area contributed by atoms with E-state index in [4.69, 9.17) is 10.5 Å². The first kappa shape index (κ1) is 14.0. The molecular weight excluding hydrogens is 311 g/mol. The van der Waals surface area contributed by atoms with Crippen LogP contribution in [0.25, 0.3) is 0 Å². The average Bonchev–Trinajstić information content (AvgIpc) is 2.37. The van der Waals surface area contributed by atoms with Crippen molar-refractivity contribution in [2.45, 2.75) is 13.3 Å². The number of rotatable bonds is 4. The van der Waals surface area contributed by atoms with Crippen LogP contribution in [0.2, 0.25) is 0 Å². The highest BCUT2D eigenvalue weighted by atomic mass is 79.9. The zero-order valence-electron chi connectivity index (χ0n) is 10.5. The number of benzene rings is 1. The second-order valence-corrected chi connectivity index (χ2v) is 5.04. The van der Waals surface area contributed by atoms with Crippen molar-refractivity contribution in [3.05, 3.63) is 51.9 Å². The van der Waals surface area contributed by atoms with Crippen molar-refractivity contribution < 1.29 is 9.13 Å². The fourth-order valence-corrected chi connectivity index (χ4v) is 2.04. The molecule has 0 saturated carbocycles. The van der Waals surface area contributed by atoms with E-state index in [9.17, 15) is 4.39 Å². The number of pyridine rings is 1. The molecule has 0 unspecified atom stereocenters. The minimum atomic E-state index is -0.324. The second kappa shape index (κ2) is 6.12. The van der Waals surface area contributed by atoms with Crippen LogP contribution in [0.15, 0.2) is 34.9 Å². The molecule has 2 rings (SSSR count). The molecule has 0 saturated heterocycles. The molecule has 5 heteroatoms. The summed E-state index contributed by atoms with van der Waals surface area (Å²) in [5.74, 6) is 0.727. The number of nitrogens with two attached hydrogens (primary N) is 1. The number of hydrogen-bond acceptors (Lipinski definition) is 3. The molecule has 100 valence electrons. The normalized spacial score (nSPS) is 10.5. The fraction of sp³-hybridized carbons (Fsp3) is 0.214. The predicted octanol–water partition coefficient (Wildman–Crippen LogP) is 3.59. The van der Waals surface area contributed by atoms with Gasteiger partial charge in [-0.15, -0.1) is 0 Å². The van der Waals surface area contributed by atoms with Crippen LogP contribution in [0.1, 0.15) is 11.1 Å². The first-order valence-corrected chi connectivity index (χ1v) is 6.68. The number of nitrogens with zero attached hydrogens (tertiary/aromatic N) is 1. The summed E-state index contributed by atoms with van der Waals surface area (Å²) in [6.45, 7) is 2.51. The van der Waals surface area contributed by atoms with E-state index in [2.05, 4.69) is 20.9 Å². The highest BCUT2D eigenvalue weighted by Gasteiger charge is 2.06. The summed E-state index contributed by atoms with van der Waals surface area (Å²) in [7, 11) is 0. The molecule has 1 aromatic heterocycles. The molecule has 0 atom stereocenters. The van der Waals surface area contributed by atoms with Gasteiger partial charge in [0.15, 0.2) is 0 Å². The quantitative estimate of drug-likeness (QED) is 0.935. The molecule has 1 aromatic carbocycles. The number of halogens is 2. The SMILES string of the molecule is Cc1cc(CCN)cnc1Oc1ccc(F)c(Br)c1. The standard InChI is InChI=1S/C14H14BrFN2O/c1-9-6-10(4-5-17)8-18-14(9)19-11-2-3-13(16)12(15)7-11/h2-3,6-8H,4-5,17H2,1H3. The minimum absolute atomic E-state index is 0.324. The van der Waals surface area contributed by atoms with Crippen molar-refractivity contribution in [1.29, 1.82) is 0 Å². The van der Waals surface area contributed by atoms with Crippen molar-refractivity contribution in [2.75, 3.05) is 6.54 Å². The maximum atomic E-state index is 13.1. The maximum absolute atomic E-state index is 13.1. The van der Waals surface area contributed by atoms with Crippen molar-refractivity contribution in [1.82, 2.24) is 4.98 Å². The number of aryl methyl sites for hydroxylation is 1. The van der Waals surface area contributed by atoms with Gasteiger partial charge in [0.05, 0.1) is 4.47 Å². The lowest BCUT2D eigenvalue weighted by molar-refractivity contribution is 0.456. The lowest BCUT2D eigenvalue weighted by Crippen LogP contribution is -2.03. The predicted molar refractivity (Wildman–Crippen MR) is 75.9 cm³/mol. The van der Waals surface area contributed by atoms with Gasteiger partial charge in [0.2, 0.25) is 5.88 Å². The van der Waals surface area contributed by atoms with Gasteiger partial charge >= 0.3 is 0 Å². The van der Waals surface area contributed by atoms with E-state index in [1.54, 1.807) is 18.3 Å². The first-order valence-electron chi connectivity index (χ1n) is 5.88. The van der Waals surface area contributed by atoms with Gasteiger partial charge in [0.25, 0.3) is 0 Å². The van der Waals surface area contributed by atoms with Gasteiger partial charge in [0, 0.05) is 11.8 Å². The third kappa shape index (κ3) is 3.52. The van der Waals surface area contributed by atoms with Gasteiger partial charge in [-0.3, -0.25) is 0 Å². The Morgan fingerprint density at radius 2 is 2.16 bits per heavy atom. The highest BCUT2D eigenvalue weighted by Crippen LogP contribution is 2.27. The lowest BCUT2D eigenvalue weighted by atomic mass is 10.1. The Labute approximate surface area is 119 Å². The third-order valence-corrected chi connectivity index (χ3v) is 3.23. The molecule has 0 bridgehead atoms. The van der Waals surface area contributed by atoms with Gasteiger partial charge in [-0.05, 0) is 65.6 Å². The van der Waals surface area contributed by atoms with Gasteiger partial charge in [0.1, 0.15) is 11.6 Å². The minimum Gasteiger partial charge on any atom is -0.439 e. The molecule has 3 nitrogen and oxygen atoms in total. The smallest absolute Gasteiger partial charge is 0.222 e. The van der Waals surface area contributed by atoms with E-state index < -0.39 is 0 Å². The zero-order valence-corrected chi connectivity index (χ0v) is 12.1. The lowest BCUT2D eigenvalue weighted by Gasteiger charge is -2.09. The highest BCUT2D eigenvalue weighted by molar-refractivity contribution is 9.10. The van der Waals surface area contributed by atoms with Crippen molar-refractivity contribution in [3.63, 3.8) is 0 Å². The van der Waals surface area contributed by atoms with E-state index in [1.807, 2.05) is 13.0 Å². The Kier molecular flexibility index (Phi) is 4.50. The number of ether oxygens (including phenoxy) is 1. The number of aromatic nitrogens is 1. The first-order chi connectivity index (χ1) is 9.10. The Morgan fingerprint density at radius 1 is 1.37 bits per heavy atom. The molecule has 19 heavy (non-hydrogen) atoms. The van der Waals surface area contributed by atoms with Crippen LogP contribution in [0.3, 0.4) is 0 Å². The molecule has 0 aliphatic rings. The summed E-state index contributed by atoms with van der Waals surface area (Å²) in [5.41, 5.74) is 7.50. The van der Waals surface area contributed by atoms with Crippen molar-refractivity contribution in [3.8, 4) is 11.6 Å². The molecule has 1 heterocycles. The van der Waals surface area contributed by atoms with Crippen molar-refractivity contribution >= 4 is 15.9 Å². The van der Waals surface area contributed by atoms with Gasteiger partial charge in [-0.1, -0.05) is 0 Å². The molecule has 0 fully saturated rings. The molecule has 2 aromatic rings. The number of hydrogen-bond donors (Lipinski definition) is 1. The monoisotopic (exact) mass is 324 g/mol. The van der Waals surface area contributed by atoms with E-state index >= 15 is 0 Å². The van der Waals surface area contributed by atoms with Crippen LogP contribution in [0, 0.1) is 12.7 Å². The zero-order chi connectivity index (χ0) is 13.8. The molecule has 0 spiro atoms. The van der Waals surface area contributed by atoms with E-state index in [0.29, 0.717) is 22.6 Å². The molecule has 0 amide bonds. The largest absolute Gasteiger partial charge is 0.439 e. The summed E-state index contributed by atoms with van der Waals surface area (Å²) in [4.78, 5) is 4.26. The van der Waals surface area contributed by atoms with Crippen LogP contribution in [-0.2, 0) is 6.42 Å². The van der Waals surface area contributed by atoms with Crippen LogP contribution in [0.5, 0.6) is 11.6 Å². The summed E-state index contributed by atoms with van der Waals surface area (Å²) in [5, 5.41) is 0. The van der Waals surface area contributed by atoms with Crippen LogP contribution in [0.4, 0.5) is 4.39 Å². The summed E-state index contributed by atoms with van der Waals surface area (Å²) >= 11 is 3.12. The van der Waals surface area contributed by atoms with E-state index in [1.165, 1.54) is 6.07 Å². The van der Waals surface area contributed by atoms with Crippen molar-refractivity contribution in [2.24, 2.45) is 5.73 Å². The van der Waals surface area contributed by atoms with Crippen LogP contribution < -0.4 is 10.5 Å². The Morgan fingerprint density at radius 3 is 2.79 bits per heavy atom. The summed E-state index contributed by atoms with van der Waals surface area (Å²) in [6.07, 6.45) is 2.53. The molecule has 0 aliphatic heterocycles. The molecule has 0 aliphatic carbocycles. The Balaban J connectivity index is 2.20. The Bertz CT molecular complexity index is 590. The fourth-order valence-electron chi connectivity index (χ4n) is 1.68. The topological polar surface area (TPSA) is 48.1 Å². The molecule has 2 N–H and O–H groups in total. The van der Waals surface area contributed by atoms with Gasteiger partial charge < -0.3 is 10.5 Å². The Hall–Kier alpha value is -1.46. The van der Waals surface area contributed by atoms with Crippen LogP contribution >= 0.6 is 15.9 Å².